The van der Waals surface area contributed by atoms with Crippen molar-refractivity contribution in [2.24, 2.45) is 5.92 Å². The standard InChI is InChI=1S/C21H29N3O3/c1-4-11-22-20(25)15-8-7-12-24(13-15)21(26)19-17(14-23(2)3)16-9-5-6-10-18(16)27-19/h5-6,9-10,15H,4,7-8,11-14H2,1-3H3,(H,22,25). The Hall–Kier alpha value is -2.34. The summed E-state index contributed by atoms with van der Waals surface area (Å²) >= 11 is 0. The Morgan fingerprint density at radius 3 is 2.81 bits per heavy atom. The summed E-state index contributed by atoms with van der Waals surface area (Å²) in [5.41, 5.74) is 1.64. The van der Waals surface area contributed by atoms with Gasteiger partial charge in [0.1, 0.15) is 5.58 Å². The fourth-order valence-corrected chi connectivity index (χ4v) is 3.66. The van der Waals surface area contributed by atoms with Crippen LogP contribution in [-0.4, -0.2) is 55.3 Å². The molecule has 3 rings (SSSR count). The molecule has 1 N–H and O–H groups in total. The number of furan rings is 1. The Kier molecular flexibility index (Phi) is 6.16. The van der Waals surface area contributed by atoms with Crippen LogP contribution in [0.4, 0.5) is 0 Å². The average molecular weight is 371 g/mol. The monoisotopic (exact) mass is 371 g/mol. The molecule has 1 aliphatic rings. The lowest BCUT2D eigenvalue weighted by molar-refractivity contribution is -0.126. The minimum Gasteiger partial charge on any atom is -0.451 e. The number of fused-ring (bicyclic) bond motifs is 1. The molecule has 2 heterocycles. The Bertz CT molecular complexity index is 812. The van der Waals surface area contributed by atoms with E-state index in [4.69, 9.17) is 4.42 Å². The highest BCUT2D eigenvalue weighted by Gasteiger charge is 2.32. The molecule has 0 bridgehead atoms. The highest BCUT2D eigenvalue weighted by Crippen LogP contribution is 2.29. The summed E-state index contributed by atoms with van der Waals surface area (Å²) in [5, 5.41) is 3.93. The van der Waals surface area contributed by atoms with Gasteiger partial charge in [0.25, 0.3) is 5.91 Å². The summed E-state index contributed by atoms with van der Waals surface area (Å²) in [6.07, 6.45) is 2.57. The van der Waals surface area contributed by atoms with Gasteiger partial charge in [-0.3, -0.25) is 9.59 Å². The number of carbonyl (C=O) groups is 2. The van der Waals surface area contributed by atoms with E-state index >= 15 is 0 Å². The molecule has 0 radical (unpaired) electrons. The van der Waals surface area contributed by atoms with Crippen LogP contribution in [0.2, 0.25) is 0 Å². The zero-order valence-electron chi connectivity index (χ0n) is 16.5. The molecule has 146 valence electrons. The van der Waals surface area contributed by atoms with Crippen molar-refractivity contribution in [3.05, 3.63) is 35.6 Å². The van der Waals surface area contributed by atoms with Crippen molar-refractivity contribution in [2.45, 2.75) is 32.7 Å². The number of nitrogens with one attached hydrogen (secondary N) is 1. The highest BCUT2D eigenvalue weighted by atomic mass is 16.3. The van der Waals surface area contributed by atoms with Crippen LogP contribution < -0.4 is 5.32 Å². The summed E-state index contributed by atoms with van der Waals surface area (Å²) in [6, 6.07) is 7.75. The van der Waals surface area contributed by atoms with Crippen molar-refractivity contribution in [3.8, 4) is 0 Å². The molecule has 0 aliphatic carbocycles. The minimum absolute atomic E-state index is 0.0486. The highest BCUT2D eigenvalue weighted by molar-refractivity contribution is 5.99. The van der Waals surface area contributed by atoms with Crippen LogP contribution in [0.15, 0.2) is 28.7 Å². The zero-order valence-corrected chi connectivity index (χ0v) is 16.5. The van der Waals surface area contributed by atoms with E-state index in [0.29, 0.717) is 31.9 Å². The van der Waals surface area contributed by atoms with Gasteiger partial charge in [-0.25, -0.2) is 0 Å². The molecule has 1 atom stereocenters. The molecular formula is C21H29N3O3. The Labute approximate surface area is 160 Å². The zero-order chi connectivity index (χ0) is 19.4. The fourth-order valence-electron chi connectivity index (χ4n) is 3.66. The van der Waals surface area contributed by atoms with Gasteiger partial charge in [-0.05, 0) is 39.4 Å². The number of para-hydroxylation sites is 1. The molecule has 0 saturated carbocycles. The summed E-state index contributed by atoms with van der Waals surface area (Å²) in [7, 11) is 3.95. The van der Waals surface area contributed by atoms with Crippen molar-refractivity contribution < 1.29 is 14.0 Å². The van der Waals surface area contributed by atoms with Crippen LogP contribution in [0, 0.1) is 5.92 Å². The second kappa shape index (κ2) is 8.57. The van der Waals surface area contributed by atoms with Gasteiger partial charge in [0.05, 0.1) is 5.92 Å². The molecule has 0 spiro atoms. The average Bonchev–Trinajstić information content (AvgIpc) is 3.03. The predicted molar refractivity (Wildman–Crippen MR) is 106 cm³/mol. The van der Waals surface area contributed by atoms with Gasteiger partial charge in [-0.15, -0.1) is 0 Å². The number of benzene rings is 1. The first-order valence-electron chi connectivity index (χ1n) is 9.73. The molecule has 2 amide bonds. The molecule has 6 nitrogen and oxygen atoms in total. The lowest BCUT2D eigenvalue weighted by atomic mass is 9.96. The number of piperidine rings is 1. The number of nitrogens with zero attached hydrogens (tertiary/aromatic N) is 2. The van der Waals surface area contributed by atoms with E-state index in [9.17, 15) is 9.59 Å². The molecular weight excluding hydrogens is 342 g/mol. The van der Waals surface area contributed by atoms with Crippen molar-refractivity contribution in [1.29, 1.82) is 0 Å². The smallest absolute Gasteiger partial charge is 0.289 e. The fraction of sp³-hybridized carbons (Fsp3) is 0.524. The van der Waals surface area contributed by atoms with E-state index in [1.54, 1.807) is 4.90 Å². The molecule has 2 aromatic rings. The van der Waals surface area contributed by atoms with Gasteiger partial charge < -0.3 is 19.5 Å². The molecule has 1 aliphatic heterocycles. The van der Waals surface area contributed by atoms with Crippen molar-refractivity contribution >= 4 is 22.8 Å². The molecule has 1 aromatic carbocycles. The van der Waals surface area contributed by atoms with Crippen molar-refractivity contribution in [3.63, 3.8) is 0 Å². The van der Waals surface area contributed by atoms with E-state index in [1.165, 1.54) is 0 Å². The van der Waals surface area contributed by atoms with Gasteiger partial charge >= 0.3 is 0 Å². The number of hydrogen-bond donors (Lipinski definition) is 1. The number of hydrogen-bond acceptors (Lipinski definition) is 4. The molecule has 1 saturated heterocycles. The maximum atomic E-state index is 13.2. The number of likely N-dealkylation sites (tertiary alicyclic amines) is 1. The van der Waals surface area contributed by atoms with Gasteiger partial charge in [0, 0.05) is 37.1 Å². The van der Waals surface area contributed by atoms with E-state index in [0.717, 1.165) is 35.8 Å². The van der Waals surface area contributed by atoms with E-state index in [-0.39, 0.29) is 17.7 Å². The topological polar surface area (TPSA) is 65.8 Å². The maximum absolute atomic E-state index is 13.2. The van der Waals surface area contributed by atoms with Crippen molar-refractivity contribution in [1.82, 2.24) is 15.1 Å². The van der Waals surface area contributed by atoms with Gasteiger partial charge in [0.15, 0.2) is 5.76 Å². The summed E-state index contributed by atoms with van der Waals surface area (Å²) in [4.78, 5) is 29.4. The Morgan fingerprint density at radius 1 is 1.30 bits per heavy atom. The second-order valence-corrected chi connectivity index (χ2v) is 7.53. The molecule has 6 heteroatoms. The van der Waals surface area contributed by atoms with Crippen LogP contribution in [0.1, 0.15) is 42.3 Å². The first kappa shape index (κ1) is 19.4. The SMILES string of the molecule is CCCNC(=O)C1CCCN(C(=O)c2oc3ccccc3c2CN(C)C)C1. The normalized spacial score (nSPS) is 17.5. The summed E-state index contributed by atoms with van der Waals surface area (Å²) < 4.78 is 5.96. The second-order valence-electron chi connectivity index (χ2n) is 7.53. The van der Waals surface area contributed by atoms with Crippen LogP contribution in [-0.2, 0) is 11.3 Å². The van der Waals surface area contributed by atoms with Crippen LogP contribution in [0.3, 0.4) is 0 Å². The van der Waals surface area contributed by atoms with E-state index < -0.39 is 0 Å². The quantitative estimate of drug-likeness (QED) is 0.848. The Balaban J connectivity index is 1.83. The van der Waals surface area contributed by atoms with Crippen LogP contribution in [0.5, 0.6) is 0 Å². The van der Waals surface area contributed by atoms with Gasteiger partial charge in [-0.1, -0.05) is 25.1 Å². The third kappa shape index (κ3) is 4.33. The Morgan fingerprint density at radius 2 is 2.07 bits per heavy atom. The molecule has 1 fully saturated rings. The number of carbonyl (C=O) groups excluding carboxylic acids is 2. The predicted octanol–water partition coefficient (Wildman–Crippen LogP) is 2.87. The van der Waals surface area contributed by atoms with E-state index in [2.05, 4.69) is 5.32 Å². The van der Waals surface area contributed by atoms with Crippen molar-refractivity contribution in [2.75, 3.05) is 33.7 Å². The van der Waals surface area contributed by atoms with E-state index in [1.807, 2.05) is 50.2 Å². The van der Waals surface area contributed by atoms with Crippen LogP contribution >= 0.6 is 0 Å². The summed E-state index contributed by atoms with van der Waals surface area (Å²) in [6.45, 7) is 4.46. The summed E-state index contributed by atoms with van der Waals surface area (Å²) in [5.74, 6) is 0.193. The van der Waals surface area contributed by atoms with Gasteiger partial charge in [0.2, 0.25) is 5.91 Å². The molecule has 27 heavy (non-hydrogen) atoms. The molecule has 1 aromatic heterocycles. The first-order valence-corrected chi connectivity index (χ1v) is 9.73. The lowest BCUT2D eigenvalue weighted by Gasteiger charge is -2.31. The maximum Gasteiger partial charge on any atom is 0.289 e. The third-order valence-electron chi connectivity index (χ3n) is 5.00. The van der Waals surface area contributed by atoms with Gasteiger partial charge in [-0.2, -0.15) is 0 Å². The number of amides is 2. The molecule has 1 unspecified atom stereocenters. The number of rotatable bonds is 6. The first-order chi connectivity index (χ1) is 13.0. The largest absolute Gasteiger partial charge is 0.451 e. The minimum atomic E-state index is -0.143. The van der Waals surface area contributed by atoms with Crippen LogP contribution in [0.25, 0.3) is 11.0 Å². The third-order valence-corrected chi connectivity index (χ3v) is 5.00. The lowest BCUT2D eigenvalue weighted by Crippen LogP contribution is -2.45.